The third-order valence-corrected chi connectivity index (χ3v) is 6.74. The molecule has 0 aliphatic carbocycles. The molecule has 0 aliphatic heterocycles. The molecule has 0 fully saturated rings. The van der Waals surface area contributed by atoms with E-state index in [4.69, 9.17) is 16.6 Å². The fraction of sp³-hybridized carbons (Fsp3) is 0.760. The second-order valence-corrected chi connectivity index (χ2v) is 10.4. The van der Waals surface area contributed by atoms with E-state index in [-0.39, 0.29) is 11.7 Å². The Hall–Kier alpha value is -2.91. The monoisotopic (exact) mass is 589 g/mol. The first kappa shape index (κ1) is 37.1. The number of carbonyl (C=O) groups is 6. The number of unbranched alkanes of at least 4 members (excludes halogenated alkanes) is 1. The van der Waals surface area contributed by atoms with E-state index in [1.807, 2.05) is 13.8 Å². The van der Waals surface area contributed by atoms with Gasteiger partial charge in [-0.05, 0) is 44.6 Å². The van der Waals surface area contributed by atoms with Crippen LogP contribution >= 0.6 is 12.6 Å². The van der Waals surface area contributed by atoms with Crippen molar-refractivity contribution in [3.8, 4) is 0 Å². The number of nitrogens with two attached hydrogens (primary N) is 2. The quantitative estimate of drug-likeness (QED) is 0.0612. The third-order valence-electron chi connectivity index (χ3n) is 6.37. The van der Waals surface area contributed by atoms with Crippen LogP contribution in [0.1, 0.15) is 60.3 Å². The summed E-state index contributed by atoms with van der Waals surface area (Å²) in [6.45, 7) is 8.31. The molecule has 0 heterocycles. The van der Waals surface area contributed by atoms with Crippen molar-refractivity contribution in [1.82, 2.24) is 26.6 Å². The van der Waals surface area contributed by atoms with Crippen LogP contribution in [-0.2, 0) is 28.8 Å². The molecule has 0 rings (SSSR count). The predicted molar refractivity (Wildman–Crippen MR) is 153 cm³/mol. The molecular formula is C25H47N7O7S. The number of carboxylic acid groups (broad SMARTS) is 1. The van der Waals surface area contributed by atoms with Crippen LogP contribution in [0.2, 0.25) is 0 Å². The van der Waals surface area contributed by atoms with Crippen LogP contribution in [0.4, 0.5) is 0 Å². The fourth-order valence-electron chi connectivity index (χ4n) is 3.42. The van der Waals surface area contributed by atoms with Crippen LogP contribution in [0.25, 0.3) is 0 Å². The molecule has 6 unspecified atom stereocenters. The molecule has 0 aromatic carbocycles. The van der Waals surface area contributed by atoms with Crippen LogP contribution < -0.4 is 38.1 Å². The molecule has 14 nitrogen and oxygen atoms in total. The molecule has 0 radical (unpaired) electrons. The summed E-state index contributed by atoms with van der Waals surface area (Å²) >= 11 is 4.05. The van der Waals surface area contributed by atoms with Gasteiger partial charge in [-0.25, -0.2) is 0 Å². The van der Waals surface area contributed by atoms with Crippen molar-refractivity contribution in [2.24, 2.45) is 23.3 Å². The molecule has 6 atom stereocenters. The van der Waals surface area contributed by atoms with Gasteiger partial charge in [0.05, 0.1) is 12.6 Å². The number of hydrogen-bond acceptors (Lipinski definition) is 9. The Balaban J connectivity index is 5.23. The first-order valence-electron chi connectivity index (χ1n) is 13.5. The van der Waals surface area contributed by atoms with Crippen molar-refractivity contribution in [3.05, 3.63) is 0 Å². The number of aliphatic carboxylic acids is 1. The first-order chi connectivity index (χ1) is 18.7. The zero-order valence-electron chi connectivity index (χ0n) is 24.0. The lowest BCUT2D eigenvalue weighted by Gasteiger charge is -2.25. The van der Waals surface area contributed by atoms with Gasteiger partial charge in [0, 0.05) is 5.75 Å². The molecule has 0 saturated heterocycles. The Morgan fingerprint density at radius 2 is 1.43 bits per heavy atom. The van der Waals surface area contributed by atoms with Crippen LogP contribution in [-0.4, -0.2) is 89.7 Å². The van der Waals surface area contributed by atoms with E-state index in [1.165, 1.54) is 6.92 Å². The summed E-state index contributed by atoms with van der Waals surface area (Å²) in [7, 11) is 0. The lowest BCUT2D eigenvalue weighted by Crippen LogP contribution is -2.58. The molecule has 0 aromatic heterocycles. The first-order valence-corrected chi connectivity index (χ1v) is 14.1. The molecule has 15 heteroatoms. The van der Waals surface area contributed by atoms with Gasteiger partial charge in [-0.2, -0.15) is 12.6 Å². The van der Waals surface area contributed by atoms with E-state index in [9.17, 15) is 28.8 Å². The third kappa shape index (κ3) is 13.4. The van der Waals surface area contributed by atoms with Gasteiger partial charge in [-0.1, -0.05) is 34.1 Å². The maximum absolute atomic E-state index is 12.9. The second kappa shape index (κ2) is 19.2. The number of thiol groups is 1. The summed E-state index contributed by atoms with van der Waals surface area (Å²) in [4.78, 5) is 74.2. The summed E-state index contributed by atoms with van der Waals surface area (Å²) in [5.41, 5.74) is 11.5. The van der Waals surface area contributed by atoms with Crippen LogP contribution in [0.15, 0.2) is 0 Å². The number of carboxylic acids is 1. The van der Waals surface area contributed by atoms with E-state index in [0.717, 1.165) is 0 Å². The van der Waals surface area contributed by atoms with Crippen molar-refractivity contribution >= 4 is 48.1 Å². The smallest absolute Gasteiger partial charge is 0.325 e. The van der Waals surface area contributed by atoms with Crippen LogP contribution in [0, 0.1) is 11.8 Å². The van der Waals surface area contributed by atoms with E-state index in [0.29, 0.717) is 32.2 Å². The van der Waals surface area contributed by atoms with E-state index >= 15 is 0 Å². The standard InChI is InChI=1S/C25H47N7O7S/c1-6-14(4)19(27)23(36)30-16(9-7-8-10-26)21(34)28-11-18(33)32-20(13(2)3)24(37)31-17(12-40)22(35)29-15(5)25(38)39/h13-17,19-20,40H,6-12,26-27H2,1-5H3,(H,28,34)(H,29,35)(H,30,36)(H,31,37)(H,32,33)(H,38,39). The molecule has 0 aromatic rings. The highest BCUT2D eigenvalue weighted by Gasteiger charge is 2.30. The van der Waals surface area contributed by atoms with Crippen molar-refractivity contribution in [3.63, 3.8) is 0 Å². The van der Waals surface area contributed by atoms with Gasteiger partial charge in [0.15, 0.2) is 0 Å². The topological polar surface area (TPSA) is 235 Å². The second-order valence-electron chi connectivity index (χ2n) is 10.1. The summed E-state index contributed by atoms with van der Waals surface area (Å²) in [5.74, 6) is -4.99. The van der Waals surface area contributed by atoms with Gasteiger partial charge < -0.3 is 43.2 Å². The molecule has 40 heavy (non-hydrogen) atoms. The van der Waals surface area contributed by atoms with Crippen LogP contribution in [0.3, 0.4) is 0 Å². The van der Waals surface area contributed by atoms with Gasteiger partial charge in [-0.3, -0.25) is 28.8 Å². The number of carbonyl (C=O) groups excluding carboxylic acids is 5. The molecule has 10 N–H and O–H groups in total. The van der Waals surface area contributed by atoms with E-state index in [2.05, 4.69) is 39.2 Å². The summed E-state index contributed by atoms with van der Waals surface area (Å²) < 4.78 is 0. The molecule has 230 valence electrons. The minimum atomic E-state index is -1.24. The van der Waals surface area contributed by atoms with Gasteiger partial charge in [0.1, 0.15) is 24.2 Å². The zero-order valence-corrected chi connectivity index (χ0v) is 24.9. The highest BCUT2D eigenvalue weighted by Crippen LogP contribution is 2.08. The van der Waals surface area contributed by atoms with Crippen molar-refractivity contribution < 1.29 is 33.9 Å². The Morgan fingerprint density at radius 3 is 1.93 bits per heavy atom. The maximum Gasteiger partial charge on any atom is 0.325 e. The number of rotatable bonds is 19. The SMILES string of the molecule is CCC(C)C(N)C(=O)NC(CCCCN)C(=O)NCC(=O)NC(C(=O)NC(CS)C(=O)NC(C)C(=O)O)C(C)C. The van der Waals surface area contributed by atoms with Gasteiger partial charge in [-0.15, -0.1) is 0 Å². The Bertz CT molecular complexity index is 874. The summed E-state index contributed by atoms with van der Waals surface area (Å²) in [6.07, 6.45) is 2.20. The lowest BCUT2D eigenvalue weighted by molar-refractivity contribution is -0.141. The molecule has 5 amide bonds. The van der Waals surface area contributed by atoms with Crippen LogP contribution in [0.5, 0.6) is 0 Å². The van der Waals surface area contributed by atoms with Crippen molar-refractivity contribution in [1.29, 1.82) is 0 Å². The number of nitrogens with one attached hydrogen (secondary N) is 5. The average molecular weight is 590 g/mol. The van der Waals surface area contributed by atoms with Gasteiger partial charge in [0.2, 0.25) is 29.5 Å². The average Bonchev–Trinajstić information content (AvgIpc) is 2.91. The normalized spacial score (nSPS) is 15.5. The predicted octanol–water partition coefficient (Wildman–Crippen LogP) is -1.77. The summed E-state index contributed by atoms with van der Waals surface area (Å²) in [5, 5.41) is 21.4. The minimum absolute atomic E-state index is 0.0913. The fourth-order valence-corrected chi connectivity index (χ4v) is 3.68. The molecule has 0 aliphatic rings. The van der Waals surface area contributed by atoms with Crippen molar-refractivity contribution in [2.75, 3.05) is 18.8 Å². The Morgan fingerprint density at radius 1 is 0.825 bits per heavy atom. The maximum atomic E-state index is 12.9. The molecule has 0 bridgehead atoms. The minimum Gasteiger partial charge on any atom is -0.480 e. The van der Waals surface area contributed by atoms with Gasteiger partial charge >= 0.3 is 5.97 Å². The molecule has 0 saturated carbocycles. The Labute approximate surface area is 241 Å². The largest absolute Gasteiger partial charge is 0.480 e. The molecular weight excluding hydrogens is 542 g/mol. The zero-order chi connectivity index (χ0) is 31.0. The lowest BCUT2D eigenvalue weighted by atomic mass is 9.98. The number of amides is 5. The summed E-state index contributed by atoms with van der Waals surface area (Å²) in [6, 6.07) is -5.10. The Kier molecular flexibility index (Phi) is 17.8. The highest BCUT2D eigenvalue weighted by atomic mass is 32.1. The van der Waals surface area contributed by atoms with Gasteiger partial charge in [0.25, 0.3) is 0 Å². The van der Waals surface area contributed by atoms with E-state index in [1.54, 1.807) is 13.8 Å². The highest BCUT2D eigenvalue weighted by molar-refractivity contribution is 7.80. The van der Waals surface area contributed by atoms with E-state index < -0.39 is 78.2 Å². The number of hydrogen-bond donors (Lipinski definition) is 9. The molecule has 0 spiro atoms. The van der Waals surface area contributed by atoms with Crippen molar-refractivity contribution in [2.45, 2.75) is 90.5 Å².